The molecule has 0 aromatic heterocycles. The summed E-state index contributed by atoms with van der Waals surface area (Å²) in [6.07, 6.45) is 3.00. The van der Waals surface area contributed by atoms with Crippen LogP contribution in [0.1, 0.15) is 11.1 Å². The van der Waals surface area contributed by atoms with Gasteiger partial charge in [-0.2, -0.15) is 0 Å². The van der Waals surface area contributed by atoms with Crippen LogP contribution in [0.4, 0.5) is 0 Å². The van der Waals surface area contributed by atoms with Gasteiger partial charge >= 0.3 is 0 Å². The molecule has 0 aliphatic heterocycles. The monoisotopic (exact) mass is 401 g/mol. The highest BCUT2D eigenvalue weighted by atomic mass is 32.1. The summed E-state index contributed by atoms with van der Waals surface area (Å²) in [5.41, 5.74) is 6.90. The first-order valence-electron chi connectivity index (χ1n) is 8.43. The van der Waals surface area contributed by atoms with E-state index < -0.39 is 0 Å². The molecule has 8 heteroatoms. The van der Waals surface area contributed by atoms with E-state index in [1.165, 1.54) is 6.08 Å². The van der Waals surface area contributed by atoms with Crippen LogP contribution < -0.4 is 30.4 Å². The zero-order valence-electron chi connectivity index (χ0n) is 15.9. The van der Waals surface area contributed by atoms with Gasteiger partial charge in [0.25, 0.3) is 5.91 Å². The van der Waals surface area contributed by atoms with Crippen LogP contribution in [0.5, 0.6) is 17.2 Å². The molecular weight excluding hydrogens is 378 g/mol. The van der Waals surface area contributed by atoms with Gasteiger partial charge in [0.05, 0.1) is 21.3 Å². The standard InChI is InChI=1S/C20H23N3O4S/c1-25-16-10-7-14(8-11-16)13-21-20(28)23-22-18(24)12-9-15-5-4-6-17(26-2)19(15)27-3/h4-12H,13H2,1-3H3,(H,22,24)(H2,21,23,28)/b12-9+. The third-order valence-corrected chi connectivity index (χ3v) is 4.01. The van der Waals surface area contributed by atoms with Gasteiger partial charge in [0, 0.05) is 18.2 Å². The van der Waals surface area contributed by atoms with Crippen LogP contribution in [0.2, 0.25) is 0 Å². The summed E-state index contributed by atoms with van der Waals surface area (Å²) >= 11 is 5.15. The van der Waals surface area contributed by atoms with Gasteiger partial charge in [0.2, 0.25) is 0 Å². The fourth-order valence-electron chi connectivity index (χ4n) is 2.34. The van der Waals surface area contributed by atoms with Crippen molar-refractivity contribution >= 4 is 29.3 Å². The van der Waals surface area contributed by atoms with Crippen molar-refractivity contribution in [2.45, 2.75) is 6.54 Å². The van der Waals surface area contributed by atoms with Crippen LogP contribution in [0.15, 0.2) is 48.5 Å². The molecule has 0 unspecified atom stereocenters. The number of para-hydroxylation sites is 1. The van der Waals surface area contributed by atoms with E-state index in [2.05, 4.69) is 16.2 Å². The number of benzene rings is 2. The third kappa shape index (κ3) is 6.17. The van der Waals surface area contributed by atoms with Crippen LogP contribution in [-0.2, 0) is 11.3 Å². The Bertz CT molecular complexity index is 838. The highest BCUT2D eigenvalue weighted by Crippen LogP contribution is 2.31. The molecule has 0 saturated heterocycles. The zero-order valence-corrected chi connectivity index (χ0v) is 16.8. The molecule has 28 heavy (non-hydrogen) atoms. The topological polar surface area (TPSA) is 80.9 Å². The van der Waals surface area contributed by atoms with Crippen molar-refractivity contribution in [3.8, 4) is 17.2 Å². The van der Waals surface area contributed by atoms with E-state index in [1.54, 1.807) is 33.5 Å². The van der Waals surface area contributed by atoms with Gasteiger partial charge in [-0.3, -0.25) is 15.6 Å². The van der Waals surface area contributed by atoms with Crippen molar-refractivity contribution in [3.05, 3.63) is 59.7 Å². The van der Waals surface area contributed by atoms with Crippen molar-refractivity contribution in [2.75, 3.05) is 21.3 Å². The summed E-state index contributed by atoms with van der Waals surface area (Å²) in [5.74, 6) is 1.57. The van der Waals surface area contributed by atoms with E-state index in [1.807, 2.05) is 36.4 Å². The van der Waals surface area contributed by atoms with E-state index in [9.17, 15) is 4.79 Å². The third-order valence-electron chi connectivity index (χ3n) is 3.76. The largest absolute Gasteiger partial charge is 0.497 e. The van der Waals surface area contributed by atoms with Crippen LogP contribution in [0.25, 0.3) is 6.08 Å². The molecule has 3 N–H and O–H groups in total. The van der Waals surface area contributed by atoms with Crippen LogP contribution >= 0.6 is 12.2 Å². The minimum absolute atomic E-state index is 0.302. The molecule has 148 valence electrons. The molecule has 0 saturated carbocycles. The van der Waals surface area contributed by atoms with Crippen molar-refractivity contribution in [3.63, 3.8) is 0 Å². The Morgan fingerprint density at radius 1 is 1.00 bits per heavy atom. The number of thiocarbonyl (C=S) groups is 1. The number of amides is 1. The molecule has 0 aliphatic carbocycles. The van der Waals surface area contributed by atoms with E-state index in [0.717, 1.165) is 16.9 Å². The smallest absolute Gasteiger partial charge is 0.262 e. The number of rotatable bonds is 7. The van der Waals surface area contributed by atoms with Gasteiger partial charge in [-0.1, -0.05) is 24.3 Å². The lowest BCUT2D eigenvalue weighted by atomic mass is 10.1. The number of methoxy groups -OCH3 is 3. The van der Waals surface area contributed by atoms with Crippen LogP contribution in [0.3, 0.4) is 0 Å². The second kappa shape index (κ2) is 10.8. The minimum atomic E-state index is -0.363. The number of ether oxygens (including phenoxy) is 3. The first-order valence-corrected chi connectivity index (χ1v) is 8.84. The normalized spacial score (nSPS) is 10.2. The van der Waals surface area contributed by atoms with Crippen molar-refractivity contribution in [1.29, 1.82) is 0 Å². The zero-order chi connectivity index (χ0) is 20.4. The lowest BCUT2D eigenvalue weighted by molar-refractivity contribution is -0.116. The molecule has 0 atom stereocenters. The molecule has 0 radical (unpaired) electrons. The van der Waals surface area contributed by atoms with Crippen molar-refractivity contribution in [1.82, 2.24) is 16.2 Å². The maximum Gasteiger partial charge on any atom is 0.262 e. The molecule has 2 rings (SSSR count). The summed E-state index contributed by atoms with van der Waals surface area (Å²) in [6.45, 7) is 0.516. The summed E-state index contributed by atoms with van der Waals surface area (Å²) in [6, 6.07) is 13.0. The first-order chi connectivity index (χ1) is 13.6. The van der Waals surface area contributed by atoms with Gasteiger partial charge in [-0.25, -0.2) is 0 Å². The summed E-state index contributed by atoms with van der Waals surface area (Å²) in [5, 5.41) is 3.31. The van der Waals surface area contributed by atoms with E-state index >= 15 is 0 Å². The fourth-order valence-corrected chi connectivity index (χ4v) is 2.46. The van der Waals surface area contributed by atoms with Gasteiger partial charge in [-0.15, -0.1) is 0 Å². The van der Waals surface area contributed by atoms with Gasteiger partial charge in [0.1, 0.15) is 5.75 Å². The van der Waals surface area contributed by atoms with Gasteiger partial charge < -0.3 is 19.5 Å². The minimum Gasteiger partial charge on any atom is -0.497 e. The molecule has 0 spiro atoms. The summed E-state index contributed by atoms with van der Waals surface area (Å²) in [4.78, 5) is 12.0. The lowest BCUT2D eigenvalue weighted by Crippen LogP contribution is -2.45. The van der Waals surface area contributed by atoms with E-state index in [-0.39, 0.29) is 5.91 Å². The fraction of sp³-hybridized carbons (Fsp3) is 0.200. The second-order valence-electron chi connectivity index (χ2n) is 5.56. The Balaban J connectivity index is 1.81. The molecule has 0 bridgehead atoms. The molecule has 0 fully saturated rings. The van der Waals surface area contributed by atoms with E-state index in [0.29, 0.717) is 23.2 Å². The molecule has 0 aliphatic rings. The first kappa shape index (κ1) is 21.0. The highest BCUT2D eigenvalue weighted by Gasteiger charge is 2.07. The Hall–Kier alpha value is -3.26. The summed E-state index contributed by atoms with van der Waals surface area (Å²) < 4.78 is 15.7. The molecule has 7 nitrogen and oxygen atoms in total. The van der Waals surface area contributed by atoms with Crippen molar-refractivity contribution in [2.24, 2.45) is 0 Å². The van der Waals surface area contributed by atoms with Crippen LogP contribution in [0, 0.1) is 0 Å². The Morgan fingerprint density at radius 3 is 2.39 bits per heavy atom. The molecule has 1 amide bonds. The number of nitrogens with one attached hydrogen (secondary N) is 3. The van der Waals surface area contributed by atoms with Gasteiger partial charge in [-0.05, 0) is 42.1 Å². The molecule has 2 aromatic rings. The lowest BCUT2D eigenvalue weighted by Gasteiger charge is -2.11. The predicted octanol–water partition coefficient (Wildman–Crippen LogP) is 2.42. The maximum atomic E-state index is 12.0. The Labute approximate surface area is 169 Å². The molecule has 0 heterocycles. The number of carbonyl (C=O) groups is 1. The van der Waals surface area contributed by atoms with E-state index in [4.69, 9.17) is 26.4 Å². The number of carbonyl (C=O) groups excluding carboxylic acids is 1. The van der Waals surface area contributed by atoms with Gasteiger partial charge in [0.15, 0.2) is 16.6 Å². The Morgan fingerprint density at radius 2 is 1.75 bits per heavy atom. The number of hydrazine groups is 1. The summed E-state index contributed by atoms with van der Waals surface area (Å²) in [7, 11) is 4.72. The number of hydrogen-bond acceptors (Lipinski definition) is 5. The predicted molar refractivity (Wildman–Crippen MR) is 112 cm³/mol. The van der Waals surface area contributed by atoms with Crippen LogP contribution in [-0.4, -0.2) is 32.3 Å². The SMILES string of the molecule is COc1ccc(CNC(=S)NNC(=O)/C=C/c2cccc(OC)c2OC)cc1. The molecule has 2 aromatic carbocycles. The maximum absolute atomic E-state index is 12.0. The highest BCUT2D eigenvalue weighted by molar-refractivity contribution is 7.80. The quantitative estimate of drug-likeness (QED) is 0.373. The average molecular weight is 401 g/mol. The average Bonchev–Trinajstić information content (AvgIpc) is 2.74. The Kier molecular flexibility index (Phi) is 8.11. The van der Waals surface area contributed by atoms with Crippen molar-refractivity contribution < 1.29 is 19.0 Å². The number of hydrogen-bond donors (Lipinski definition) is 3. The molecular formula is C20H23N3O4S. The second-order valence-corrected chi connectivity index (χ2v) is 5.97.